The van der Waals surface area contributed by atoms with Crippen LogP contribution >= 0.6 is 0 Å². The van der Waals surface area contributed by atoms with Crippen molar-refractivity contribution in [3.05, 3.63) is 101 Å². The van der Waals surface area contributed by atoms with Gasteiger partial charge in [-0.25, -0.2) is 0 Å². The van der Waals surface area contributed by atoms with E-state index in [1.54, 1.807) is 0 Å². The number of para-hydroxylation sites is 1. The molecule has 5 rings (SSSR count). The molecule has 3 aromatic rings. The molecule has 0 N–H and O–H groups in total. The van der Waals surface area contributed by atoms with Crippen LogP contribution in [0.3, 0.4) is 0 Å². The number of hydrogen-bond donors (Lipinski definition) is 0. The fourth-order valence-corrected chi connectivity index (χ4v) is 4.66. The first-order valence-corrected chi connectivity index (χ1v) is 10.1. The third kappa shape index (κ3) is 2.63. The zero-order chi connectivity index (χ0) is 20.1. The highest BCUT2D eigenvalue weighted by molar-refractivity contribution is 5.75. The van der Waals surface area contributed by atoms with Crippen LogP contribution in [0.15, 0.2) is 78.9 Å². The quantitative estimate of drug-likeness (QED) is 0.479. The van der Waals surface area contributed by atoms with Gasteiger partial charge in [-0.15, -0.1) is 0 Å². The molecule has 29 heavy (non-hydrogen) atoms. The molecule has 0 bridgehead atoms. The fraction of sp³-hybridized carbons (Fsp3) is 0.185. The van der Waals surface area contributed by atoms with Crippen molar-refractivity contribution in [2.75, 3.05) is 11.9 Å². The van der Waals surface area contributed by atoms with E-state index in [4.69, 9.17) is 4.74 Å². The number of benzene rings is 3. The van der Waals surface area contributed by atoms with Gasteiger partial charge < -0.3 is 9.64 Å². The SMILES string of the molecule is CN1c2ccccc2C(C)(C)C12C=Cc1cc(/C=C/c3ccccc3)ccc1O2. The van der Waals surface area contributed by atoms with E-state index in [-0.39, 0.29) is 5.41 Å². The van der Waals surface area contributed by atoms with Crippen LogP contribution in [0.25, 0.3) is 18.2 Å². The van der Waals surface area contributed by atoms with E-state index in [0.29, 0.717) is 0 Å². The number of likely N-dealkylation sites (N-methyl/N-ethyl adjacent to an activating group) is 1. The molecule has 0 saturated heterocycles. The van der Waals surface area contributed by atoms with E-state index >= 15 is 0 Å². The maximum Gasteiger partial charge on any atom is 0.211 e. The first-order valence-electron chi connectivity index (χ1n) is 10.1. The second kappa shape index (κ2) is 6.38. The zero-order valence-electron chi connectivity index (χ0n) is 17.1. The molecule has 0 amide bonds. The summed E-state index contributed by atoms with van der Waals surface area (Å²) in [5.74, 6) is 0.928. The first-order chi connectivity index (χ1) is 14.0. The van der Waals surface area contributed by atoms with Crippen molar-refractivity contribution in [3.8, 4) is 5.75 Å². The number of rotatable bonds is 2. The number of anilines is 1. The molecular weight excluding hydrogens is 354 g/mol. The van der Waals surface area contributed by atoms with Gasteiger partial charge in [-0.3, -0.25) is 0 Å². The van der Waals surface area contributed by atoms with Gasteiger partial charge in [0, 0.05) is 18.3 Å². The molecule has 1 atom stereocenters. The Hall–Kier alpha value is -3.26. The summed E-state index contributed by atoms with van der Waals surface area (Å²) in [5.41, 5.74) is 5.34. The number of fused-ring (bicyclic) bond motifs is 2. The van der Waals surface area contributed by atoms with Crippen LogP contribution in [0.1, 0.15) is 36.1 Å². The topological polar surface area (TPSA) is 12.5 Å². The van der Waals surface area contributed by atoms with Gasteiger partial charge >= 0.3 is 0 Å². The Kier molecular flexibility index (Phi) is 3.92. The standard InChI is InChI=1S/C27H25NO/c1-26(2)23-11-7-8-12-24(23)28(3)27(26)18-17-22-19-21(15-16-25(22)29-27)14-13-20-9-5-4-6-10-20/h4-19H,1-3H3/b14-13+. The Morgan fingerprint density at radius 2 is 1.55 bits per heavy atom. The zero-order valence-corrected chi connectivity index (χ0v) is 17.1. The average molecular weight is 380 g/mol. The average Bonchev–Trinajstić information content (AvgIpc) is 2.92. The van der Waals surface area contributed by atoms with E-state index < -0.39 is 5.72 Å². The maximum absolute atomic E-state index is 6.72. The lowest BCUT2D eigenvalue weighted by Crippen LogP contribution is -2.58. The molecule has 2 heterocycles. The smallest absolute Gasteiger partial charge is 0.211 e. The molecule has 2 aliphatic rings. The highest BCUT2D eigenvalue weighted by atomic mass is 16.5. The molecule has 0 aliphatic carbocycles. The predicted octanol–water partition coefficient (Wildman–Crippen LogP) is 6.39. The Labute approximate surface area is 172 Å². The first kappa shape index (κ1) is 17.8. The van der Waals surface area contributed by atoms with E-state index in [1.165, 1.54) is 22.4 Å². The van der Waals surface area contributed by atoms with Crippen LogP contribution in [0, 0.1) is 0 Å². The van der Waals surface area contributed by atoms with Crippen molar-refractivity contribution in [1.29, 1.82) is 0 Å². The minimum Gasteiger partial charge on any atom is -0.463 e. The van der Waals surface area contributed by atoms with Gasteiger partial charge in [-0.1, -0.05) is 66.7 Å². The molecule has 2 heteroatoms. The molecule has 144 valence electrons. The van der Waals surface area contributed by atoms with Crippen LogP contribution in [-0.4, -0.2) is 12.8 Å². The Morgan fingerprint density at radius 1 is 0.828 bits per heavy atom. The maximum atomic E-state index is 6.72. The molecule has 0 saturated carbocycles. The van der Waals surface area contributed by atoms with E-state index in [1.807, 2.05) is 6.07 Å². The summed E-state index contributed by atoms with van der Waals surface area (Å²) in [6, 6.07) is 25.4. The van der Waals surface area contributed by atoms with Gasteiger partial charge in [0.05, 0.1) is 5.41 Å². The van der Waals surface area contributed by atoms with Crippen molar-refractivity contribution in [3.63, 3.8) is 0 Å². The summed E-state index contributed by atoms with van der Waals surface area (Å²) in [5, 5.41) is 0. The summed E-state index contributed by atoms with van der Waals surface area (Å²) in [6.07, 6.45) is 8.72. The van der Waals surface area contributed by atoms with Crippen LogP contribution in [0.4, 0.5) is 5.69 Å². The molecule has 1 spiro atoms. The van der Waals surface area contributed by atoms with E-state index in [0.717, 1.165) is 11.3 Å². The molecule has 0 fully saturated rings. The molecule has 0 radical (unpaired) electrons. The minimum absolute atomic E-state index is 0.168. The normalized spacial score (nSPS) is 21.3. The minimum atomic E-state index is -0.523. The largest absolute Gasteiger partial charge is 0.463 e. The van der Waals surface area contributed by atoms with Crippen molar-refractivity contribution >= 4 is 23.9 Å². The highest BCUT2D eigenvalue weighted by Gasteiger charge is 2.57. The number of hydrogen-bond acceptors (Lipinski definition) is 2. The summed E-state index contributed by atoms with van der Waals surface area (Å²) in [4.78, 5) is 2.27. The lowest BCUT2D eigenvalue weighted by atomic mass is 9.76. The Balaban J connectivity index is 1.49. The lowest BCUT2D eigenvalue weighted by molar-refractivity contribution is 0.0582. The predicted molar refractivity (Wildman–Crippen MR) is 122 cm³/mol. The summed E-state index contributed by atoms with van der Waals surface area (Å²) >= 11 is 0. The Morgan fingerprint density at radius 3 is 2.34 bits per heavy atom. The second-order valence-corrected chi connectivity index (χ2v) is 8.37. The molecule has 0 aromatic heterocycles. The fourth-order valence-electron chi connectivity index (χ4n) is 4.66. The van der Waals surface area contributed by atoms with Crippen molar-refractivity contribution in [1.82, 2.24) is 0 Å². The van der Waals surface area contributed by atoms with Gasteiger partial charge in [-0.2, -0.15) is 0 Å². The van der Waals surface area contributed by atoms with Crippen molar-refractivity contribution in [2.45, 2.75) is 25.0 Å². The van der Waals surface area contributed by atoms with Gasteiger partial charge in [0.15, 0.2) is 0 Å². The monoisotopic (exact) mass is 379 g/mol. The van der Waals surface area contributed by atoms with Gasteiger partial charge in [0.1, 0.15) is 5.75 Å². The van der Waals surface area contributed by atoms with Crippen LogP contribution in [-0.2, 0) is 5.41 Å². The Bertz CT molecular complexity index is 1130. The summed E-state index contributed by atoms with van der Waals surface area (Å²) < 4.78 is 6.72. The third-order valence-corrected chi connectivity index (χ3v) is 6.39. The number of nitrogens with zero attached hydrogens (tertiary/aromatic N) is 1. The lowest BCUT2D eigenvalue weighted by Gasteiger charge is -2.45. The molecule has 2 aliphatic heterocycles. The second-order valence-electron chi connectivity index (χ2n) is 8.37. The summed E-state index contributed by atoms with van der Waals surface area (Å²) in [7, 11) is 2.12. The summed E-state index contributed by atoms with van der Waals surface area (Å²) in [6.45, 7) is 4.53. The van der Waals surface area contributed by atoms with Gasteiger partial charge in [0.25, 0.3) is 0 Å². The van der Waals surface area contributed by atoms with Crippen LogP contribution in [0.5, 0.6) is 5.75 Å². The molecular formula is C27H25NO. The van der Waals surface area contributed by atoms with Crippen LogP contribution < -0.4 is 9.64 Å². The van der Waals surface area contributed by atoms with Crippen molar-refractivity contribution < 1.29 is 4.74 Å². The molecule has 1 unspecified atom stereocenters. The molecule has 2 nitrogen and oxygen atoms in total. The highest BCUT2D eigenvalue weighted by Crippen LogP contribution is 2.54. The van der Waals surface area contributed by atoms with Crippen LogP contribution in [0.2, 0.25) is 0 Å². The third-order valence-electron chi connectivity index (χ3n) is 6.39. The van der Waals surface area contributed by atoms with E-state index in [9.17, 15) is 0 Å². The van der Waals surface area contributed by atoms with E-state index in [2.05, 4.69) is 117 Å². The molecule has 3 aromatic carbocycles. The number of ether oxygens (including phenoxy) is 1. The van der Waals surface area contributed by atoms with Crippen molar-refractivity contribution in [2.24, 2.45) is 0 Å². The van der Waals surface area contributed by atoms with Gasteiger partial charge in [0.2, 0.25) is 5.72 Å². The van der Waals surface area contributed by atoms with Gasteiger partial charge in [-0.05, 0) is 60.9 Å².